The van der Waals surface area contributed by atoms with Crippen LogP contribution in [0.4, 0.5) is 5.69 Å². The van der Waals surface area contributed by atoms with Gasteiger partial charge in [-0.25, -0.2) is 0 Å². The number of hydrogen-bond donors (Lipinski definition) is 2. The monoisotopic (exact) mass is 271 g/mol. The highest BCUT2D eigenvalue weighted by molar-refractivity contribution is 5.97. The van der Waals surface area contributed by atoms with Gasteiger partial charge in [0.15, 0.2) is 0 Å². The molecule has 0 fully saturated rings. The number of carbonyl (C=O) groups excluding carboxylic acids is 1. The molecule has 4 nitrogen and oxygen atoms in total. The fraction of sp³-hybridized carbons (Fsp3) is 0.375. The van der Waals surface area contributed by atoms with E-state index in [1.54, 1.807) is 0 Å². The molecule has 2 rings (SSSR count). The molecule has 0 spiro atoms. The van der Waals surface area contributed by atoms with Crippen molar-refractivity contribution in [3.05, 3.63) is 35.7 Å². The first-order valence-electron chi connectivity index (χ1n) is 6.96. The van der Waals surface area contributed by atoms with E-state index in [4.69, 9.17) is 0 Å². The van der Waals surface area contributed by atoms with E-state index in [1.165, 1.54) is 0 Å². The first kappa shape index (κ1) is 14.3. The molecule has 106 valence electrons. The van der Waals surface area contributed by atoms with Crippen LogP contribution in [0.15, 0.2) is 24.3 Å². The van der Waals surface area contributed by atoms with Crippen LogP contribution in [0.2, 0.25) is 0 Å². The van der Waals surface area contributed by atoms with Gasteiger partial charge in [0, 0.05) is 28.4 Å². The lowest BCUT2D eigenvalue weighted by atomic mass is 10.0. The highest BCUT2D eigenvalue weighted by Crippen LogP contribution is 2.32. The summed E-state index contributed by atoms with van der Waals surface area (Å²) in [7, 11) is 0. The van der Waals surface area contributed by atoms with Crippen molar-refractivity contribution >= 4 is 11.6 Å². The summed E-state index contributed by atoms with van der Waals surface area (Å²) in [6.45, 7) is 7.90. The predicted octanol–water partition coefficient (Wildman–Crippen LogP) is 3.68. The number of amides is 1. The summed E-state index contributed by atoms with van der Waals surface area (Å²) in [4.78, 5) is 12.1. The standard InChI is InChI=1S/C16H21N3O/c1-5-10(2)16(20)17-14-9-7-6-8-13(14)15-11(3)18-19-12(15)4/h6-10H,5H2,1-4H3,(H,17,20)(H,18,19). The second kappa shape index (κ2) is 5.90. The van der Waals surface area contributed by atoms with Gasteiger partial charge in [0.1, 0.15) is 0 Å². The Morgan fingerprint density at radius 2 is 2.05 bits per heavy atom. The maximum atomic E-state index is 12.1. The lowest BCUT2D eigenvalue weighted by Crippen LogP contribution is -2.20. The summed E-state index contributed by atoms with van der Waals surface area (Å²) in [5.41, 5.74) is 4.85. The second-order valence-electron chi connectivity index (χ2n) is 5.15. The van der Waals surface area contributed by atoms with Gasteiger partial charge >= 0.3 is 0 Å². The van der Waals surface area contributed by atoms with E-state index in [0.29, 0.717) is 0 Å². The van der Waals surface area contributed by atoms with Gasteiger partial charge in [0.05, 0.1) is 5.69 Å². The van der Waals surface area contributed by atoms with Crippen LogP contribution in [-0.2, 0) is 4.79 Å². The third-order valence-electron chi connectivity index (χ3n) is 3.64. The number of anilines is 1. The minimum absolute atomic E-state index is 0.00889. The van der Waals surface area contributed by atoms with Crippen molar-refractivity contribution in [1.29, 1.82) is 0 Å². The summed E-state index contributed by atoms with van der Waals surface area (Å²) >= 11 is 0. The molecule has 0 aliphatic carbocycles. The number of benzene rings is 1. The highest BCUT2D eigenvalue weighted by Gasteiger charge is 2.16. The summed E-state index contributed by atoms with van der Waals surface area (Å²) in [6.07, 6.45) is 0.831. The van der Waals surface area contributed by atoms with Gasteiger partial charge in [-0.15, -0.1) is 0 Å². The van der Waals surface area contributed by atoms with E-state index < -0.39 is 0 Å². The molecular weight excluding hydrogens is 250 g/mol. The minimum atomic E-state index is 0.00889. The lowest BCUT2D eigenvalue weighted by molar-refractivity contribution is -0.119. The molecule has 2 N–H and O–H groups in total. The van der Waals surface area contributed by atoms with Crippen molar-refractivity contribution in [3.8, 4) is 11.1 Å². The third-order valence-corrected chi connectivity index (χ3v) is 3.64. The van der Waals surface area contributed by atoms with Crippen molar-refractivity contribution in [2.75, 3.05) is 5.32 Å². The van der Waals surface area contributed by atoms with E-state index >= 15 is 0 Å². The molecule has 0 radical (unpaired) electrons. The van der Waals surface area contributed by atoms with Crippen LogP contribution in [0.25, 0.3) is 11.1 Å². The maximum Gasteiger partial charge on any atom is 0.227 e. The topological polar surface area (TPSA) is 57.8 Å². The van der Waals surface area contributed by atoms with Crippen molar-refractivity contribution < 1.29 is 4.79 Å². The van der Waals surface area contributed by atoms with Crippen LogP contribution in [0.1, 0.15) is 31.7 Å². The van der Waals surface area contributed by atoms with Crippen molar-refractivity contribution in [1.82, 2.24) is 10.2 Å². The molecule has 1 heterocycles. The van der Waals surface area contributed by atoms with Crippen LogP contribution in [0.3, 0.4) is 0 Å². The number of nitrogens with one attached hydrogen (secondary N) is 2. The average Bonchev–Trinajstić information content (AvgIpc) is 2.78. The van der Waals surface area contributed by atoms with E-state index in [0.717, 1.165) is 34.6 Å². The SMILES string of the molecule is CCC(C)C(=O)Nc1ccccc1-c1c(C)n[nH]c1C. The number of hydrogen-bond acceptors (Lipinski definition) is 2. The first-order chi connectivity index (χ1) is 9.54. The number of aromatic nitrogens is 2. The first-order valence-corrected chi connectivity index (χ1v) is 6.96. The Morgan fingerprint density at radius 1 is 1.35 bits per heavy atom. The predicted molar refractivity (Wildman–Crippen MR) is 81.6 cm³/mol. The van der Waals surface area contributed by atoms with Crippen LogP contribution in [0, 0.1) is 19.8 Å². The Labute approximate surface area is 119 Å². The van der Waals surface area contributed by atoms with Gasteiger partial charge in [-0.3, -0.25) is 9.89 Å². The van der Waals surface area contributed by atoms with Crippen LogP contribution >= 0.6 is 0 Å². The Hall–Kier alpha value is -2.10. The molecule has 20 heavy (non-hydrogen) atoms. The largest absolute Gasteiger partial charge is 0.325 e. The van der Waals surface area contributed by atoms with Gasteiger partial charge in [-0.1, -0.05) is 32.0 Å². The van der Waals surface area contributed by atoms with E-state index in [9.17, 15) is 4.79 Å². The quantitative estimate of drug-likeness (QED) is 0.891. The van der Waals surface area contributed by atoms with Crippen molar-refractivity contribution in [3.63, 3.8) is 0 Å². The molecule has 0 aliphatic rings. The van der Waals surface area contributed by atoms with E-state index in [1.807, 2.05) is 52.0 Å². The van der Waals surface area contributed by atoms with Gasteiger partial charge in [-0.05, 0) is 26.3 Å². The summed E-state index contributed by atoms with van der Waals surface area (Å²) in [5.74, 6) is 0.0633. The molecule has 0 saturated carbocycles. The molecule has 1 unspecified atom stereocenters. The number of rotatable bonds is 4. The van der Waals surface area contributed by atoms with Gasteiger partial charge in [0.2, 0.25) is 5.91 Å². The zero-order valence-corrected chi connectivity index (χ0v) is 12.4. The number of H-pyrrole nitrogens is 1. The van der Waals surface area contributed by atoms with Crippen LogP contribution in [-0.4, -0.2) is 16.1 Å². The molecule has 0 saturated heterocycles. The number of aryl methyl sites for hydroxylation is 2. The van der Waals surface area contributed by atoms with Gasteiger partial charge < -0.3 is 5.32 Å². The molecule has 0 bridgehead atoms. The van der Waals surface area contributed by atoms with Crippen molar-refractivity contribution in [2.24, 2.45) is 5.92 Å². The molecule has 2 aromatic rings. The van der Waals surface area contributed by atoms with Crippen LogP contribution in [0.5, 0.6) is 0 Å². The van der Waals surface area contributed by atoms with E-state index in [-0.39, 0.29) is 11.8 Å². The summed E-state index contributed by atoms with van der Waals surface area (Å²) < 4.78 is 0. The molecule has 1 aromatic carbocycles. The van der Waals surface area contributed by atoms with Crippen molar-refractivity contribution in [2.45, 2.75) is 34.1 Å². The summed E-state index contributed by atoms with van der Waals surface area (Å²) in [5, 5.41) is 10.2. The second-order valence-corrected chi connectivity index (χ2v) is 5.15. The zero-order valence-electron chi connectivity index (χ0n) is 12.4. The average molecular weight is 271 g/mol. The third kappa shape index (κ3) is 2.74. The maximum absolute atomic E-state index is 12.1. The molecule has 1 atom stereocenters. The molecule has 1 aromatic heterocycles. The van der Waals surface area contributed by atoms with Crippen LogP contribution < -0.4 is 5.32 Å². The Kier molecular flexibility index (Phi) is 4.23. The van der Waals surface area contributed by atoms with E-state index in [2.05, 4.69) is 15.5 Å². The molecular formula is C16H21N3O. The smallest absolute Gasteiger partial charge is 0.227 e. The lowest BCUT2D eigenvalue weighted by Gasteiger charge is -2.14. The normalized spacial score (nSPS) is 12.2. The molecule has 1 amide bonds. The number of nitrogens with zero attached hydrogens (tertiary/aromatic N) is 1. The van der Waals surface area contributed by atoms with Gasteiger partial charge in [-0.2, -0.15) is 5.10 Å². The number of para-hydroxylation sites is 1. The molecule has 4 heteroatoms. The van der Waals surface area contributed by atoms with Gasteiger partial charge in [0.25, 0.3) is 0 Å². The number of carbonyl (C=O) groups is 1. The minimum Gasteiger partial charge on any atom is -0.325 e. The Balaban J connectivity index is 2.39. The zero-order chi connectivity index (χ0) is 14.7. The Morgan fingerprint density at radius 3 is 2.65 bits per heavy atom. The highest BCUT2D eigenvalue weighted by atomic mass is 16.1. The Bertz CT molecular complexity index is 596. The molecule has 0 aliphatic heterocycles. The fourth-order valence-corrected chi connectivity index (χ4v) is 2.20. The fourth-order valence-electron chi connectivity index (χ4n) is 2.20. The summed E-state index contributed by atoms with van der Waals surface area (Å²) in [6, 6.07) is 7.85. The number of aromatic amines is 1.